The van der Waals surface area contributed by atoms with E-state index >= 15 is 0 Å². The van der Waals surface area contributed by atoms with E-state index in [-0.39, 0.29) is 19.3 Å². The molecule has 0 aromatic heterocycles. The van der Waals surface area contributed by atoms with Crippen molar-refractivity contribution >= 4 is 35.6 Å². The Hall–Kier alpha value is -3.26. The SMILES string of the molecule is CC(C)[C@H](NC(=O)[C@H](CCC(N)=O)NC(=O)[C@@H](NC(=O)[C@@H](N)CCC(=O)O)[C@@H](C)O)C(=O)O. The molecule has 4 amide bonds. The fraction of sp³-hybridized carbons (Fsp3) is 0.684. The number of rotatable bonds is 15. The predicted molar refractivity (Wildman–Crippen MR) is 113 cm³/mol. The summed E-state index contributed by atoms with van der Waals surface area (Å²) in [5.41, 5.74) is 10.7. The summed E-state index contributed by atoms with van der Waals surface area (Å²) in [6.45, 7) is 4.30. The maximum atomic E-state index is 12.7. The first-order chi connectivity index (χ1) is 15.2. The molecule has 0 saturated heterocycles. The third-order valence-corrected chi connectivity index (χ3v) is 4.61. The standard InChI is InChI=1S/C19H33N5O9/c1-8(2)14(19(32)33)23-17(30)11(5-6-12(21)26)22-18(31)15(9(3)25)24-16(29)10(20)4-7-13(27)28/h8-11,14-15,25H,4-7,20H2,1-3H3,(H2,21,26)(H,22,31)(H,23,30)(H,24,29)(H,27,28)(H,32,33)/t9-,10+,11+,14+,15+/m1/s1. The van der Waals surface area contributed by atoms with E-state index in [4.69, 9.17) is 16.6 Å². The zero-order valence-electron chi connectivity index (χ0n) is 18.7. The molecule has 10 N–H and O–H groups in total. The minimum absolute atomic E-state index is 0.218. The Kier molecular flexibility index (Phi) is 12.6. The average Bonchev–Trinajstić information content (AvgIpc) is 2.69. The summed E-state index contributed by atoms with van der Waals surface area (Å²) < 4.78 is 0. The number of nitrogens with two attached hydrogens (primary N) is 2. The van der Waals surface area contributed by atoms with Gasteiger partial charge in [-0.25, -0.2) is 4.79 Å². The number of aliphatic hydroxyl groups excluding tert-OH is 1. The number of aliphatic carboxylic acids is 2. The number of hydrogen-bond acceptors (Lipinski definition) is 8. The van der Waals surface area contributed by atoms with Crippen molar-refractivity contribution in [1.29, 1.82) is 0 Å². The molecule has 5 atom stereocenters. The number of hydrogen-bond donors (Lipinski definition) is 8. The minimum Gasteiger partial charge on any atom is -0.481 e. The summed E-state index contributed by atoms with van der Waals surface area (Å²) in [4.78, 5) is 70.6. The molecule has 0 aliphatic rings. The van der Waals surface area contributed by atoms with Gasteiger partial charge in [0.25, 0.3) is 0 Å². The van der Waals surface area contributed by atoms with Gasteiger partial charge in [0.1, 0.15) is 18.1 Å². The first-order valence-corrected chi connectivity index (χ1v) is 10.2. The van der Waals surface area contributed by atoms with Crippen LogP contribution in [0.3, 0.4) is 0 Å². The molecule has 188 valence electrons. The van der Waals surface area contributed by atoms with Crippen LogP contribution in [0, 0.1) is 5.92 Å². The monoisotopic (exact) mass is 475 g/mol. The number of nitrogens with one attached hydrogen (secondary N) is 3. The second-order valence-electron chi connectivity index (χ2n) is 7.90. The second-order valence-corrected chi connectivity index (χ2v) is 7.90. The van der Waals surface area contributed by atoms with Crippen molar-refractivity contribution in [3.05, 3.63) is 0 Å². The lowest BCUT2D eigenvalue weighted by Gasteiger charge is -2.27. The van der Waals surface area contributed by atoms with Crippen molar-refractivity contribution in [2.45, 2.75) is 76.7 Å². The molecule has 14 nitrogen and oxygen atoms in total. The Bertz CT molecular complexity index is 741. The minimum atomic E-state index is -1.57. The lowest BCUT2D eigenvalue weighted by molar-refractivity contribution is -0.144. The molecular weight excluding hydrogens is 442 g/mol. The number of carbonyl (C=O) groups excluding carboxylic acids is 4. The molecule has 33 heavy (non-hydrogen) atoms. The quantitative estimate of drug-likeness (QED) is 0.119. The van der Waals surface area contributed by atoms with Gasteiger partial charge in [-0.05, 0) is 25.7 Å². The van der Waals surface area contributed by atoms with Crippen LogP contribution in [0.15, 0.2) is 0 Å². The van der Waals surface area contributed by atoms with Crippen LogP contribution in [0.4, 0.5) is 0 Å². The van der Waals surface area contributed by atoms with Crippen molar-refractivity contribution < 1.29 is 44.1 Å². The molecule has 0 saturated carbocycles. The Labute approximate surface area is 190 Å². The highest BCUT2D eigenvalue weighted by molar-refractivity contribution is 5.94. The molecule has 0 fully saturated rings. The van der Waals surface area contributed by atoms with Gasteiger partial charge in [0.15, 0.2) is 0 Å². The molecule has 0 aliphatic heterocycles. The lowest BCUT2D eigenvalue weighted by Crippen LogP contribution is -2.60. The average molecular weight is 475 g/mol. The van der Waals surface area contributed by atoms with Gasteiger partial charge < -0.3 is 42.7 Å². The number of amides is 4. The summed E-state index contributed by atoms with van der Waals surface area (Å²) >= 11 is 0. The molecule has 0 aromatic rings. The van der Waals surface area contributed by atoms with Crippen LogP contribution in [-0.4, -0.2) is 81.2 Å². The largest absolute Gasteiger partial charge is 0.481 e. The van der Waals surface area contributed by atoms with Crippen LogP contribution in [0.2, 0.25) is 0 Å². The van der Waals surface area contributed by atoms with Crippen molar-refractivity contribution in [3.8, 4) is 0 Å². The highest BCUT2D eigenvalue weighted by atomic mass is 16.4. The number of carboxylic acids is 2. The fourth-order valence-corrected chi connectivity index (χ4v) is 2.66. The first-order valence-electron chi connectivity index (χ1n) is 10.2. The Balaban J connectivity index is 5.46. The number of aliphatic hydroxyl groups is 1. The molecule has 0 aromatic carbocycles. The van der Waals surface area contributed by atoms with Crippen molar-refractivity contribution in [2.24, 2.45) is 17.4 Å². The van der Waals surface area contributed by atoms with Gasteiger partial charge in [0.05, 0.1) is 12.1 Å². The van der Waals surface area contributed by atoms with Gasteiger partial charge in [-0.15, -0.1) is 0 Å². The summed E-state index contributed by atoms with van der Waals surface area (Å²) in [5.74, 6) is -6.55. The van der Waals surface area contributed by atoms with E-state index in [1.807, 2.05) is 0 Å². The van der Waals surface area contributed by atoms with Gasteiger partial charge in [0.2, 0.25) is 23.6 Å². The van der Waals surface area contributed by atoms with Crippen molar-refractivity contribution in [1.82, 2.24) is 16.0 Å². The predicted octanol–water partition coefficient (Wildman–Crippen LogP) is -2.98. The second kappa shape index (κ2) is 14.0. The Morgan fingerprint density at radius 3 is 1.76 bits per heavy atom. The summed E-state index contributed by atoms with van der Waals surface area (Å²) in [7, 11) is 0. The normalized spacial score (nSPS) is 15.5. The first kappa shape index (κ1) is 29.7. The fourth-order valence-electron chi connectivity index (χ4n) is 2.66. The molecule has 0 bridgehead atoms. The number of carboxylic acid groups (broad SMARTS) is 2. The van der Waals surface area contributed by atoms with E-state index in [2.05, 4.69) is 16.0 Å². The highest BCUT2D eigenvalue weighted by Gasteiger charge is 2.33. The van der Waals surface area contributed by atoms with Gasteiger partial charge in [-0.1, -0.05) is 13.8 Å². The Morgan fingerprint density at radius 2 is 1.33 bits per heavy atom. The lowest BCUT2D eigenvalue weighted by atomic mass is 10.0. The molecular formula is C19H33N5O9. The van der Waals surface area contributed by atoms with Crippen molar-refractivity contribution in [2.75, 3.05) is 0 Å². The molecule has 0 heterocycles. The van der Waals surface area contributed by atoms with E-state index in [0.29, 0.717) is 0 Å². The van der Waals surface area contributed by atoms with Crippen LogP contribution in [0.1, 0.15) is 46.5 Å². The van der Waals surface area contributed by atoms with Crippen LogP contribution in [0.5, 0.6) is 0 Å². The van der Waals surface area contributed by atoms with E-state index in [1.54, 1.807) is 13.8 Å². The maximum absolute atomic E-state index is 12.7. The Morgan fingerprint density at radius 1 is 0.788 bits per heavy atom. The zero-order valence-corrected chi connectivity index (χ0v) is 18.7. The van der Waals surface area contributed by atoms with Crippen LogP contribution in [0.25, 0.3) is 0 Å². The summed E-state index contributed by atoms with van der Waals surface area (Å²) in [6, 6.07) is -5.52. The summed E-state index contributed by atoms with van der Waals surface area (Å²) in [5, 5.41) is 34.6. The van der Waals surface area contributed by atoms with Gasteiger partial charge in [0, 0.05) is 12.8 Å². The highest BCUT2D eigenvalue weighted by Crippen LogP contribution is 2.06. The molecule has 0 radical (unpaired) electrons. The maximum Gasteiger partial charge on any atom is 0.326 e. The van der Waals surface area contributed by atoms with E-state index in [0.717, 1.165) is 0 Å². The van der Waals surface area contributed by atoms with E-state index in [9.17, 15) is 39.0 Å². The van der Waals surface area contributed by atoms with Crippen LogP contribution >= 0.6 is 0 Å². The third-order valence-electron chi connectivity index (χ3n) is 4.61. The number of primary amides is 1. The van der Waals surface area contributed by atoms with Crippen LogP contribution in [-0.2, 0) is 28.8 Å². The van der Waals surface area contributed by atoms with Gasteiger partial charge in [-0.3, -0.25) is 24.0 Å². The smallest absolute Gasteiger partial charge is 0.326 e. The topological polar surface area (TPSA) is 251 Å². The number of carbonyl (C=O) groups is 6. The molecule has 0 spiro atoms. The molecule has 0 rings (SSSR count). The van der Waals surface area contributed by atoms with E-state index in [1.165, 1.54) is 6.92 Å². The van der Waals surface area contributed by atoms with Crippen LogP contribution < -0.4 is 27.4 Å². The van der Waals surface area contributed by atoms with Crippen molar-refractivity contribution in [3.63, 3.8) is 0 Å². The van der Waals surface area contributed by atoms with Gasteiger partial charge in [-0.2, -0.15) is 0 Å². The third kappa shape index (κ3) is 11.2. The molecule has 0 aliphatic carbocycles. The van der Waals surface area contributed by atoms with E-state index < -0.39 is 78.2 Å². The molecule has 0 unspecified atom stereocenters. The molecule has 14 heteroatoms. The van der Waals surface area contributed by atoms with Gasteiger partial charge >= 0.3 is 11.9 Å². The summed E-state index contributed by atoms with van der Waals surface area (Å²) in [6.07, 6.45) is -2.64. The zero-order chi connectivity index (χ0) is 25.9.